The first kappa shape index (κ1) is 11.1. The van der Waals surface area contributed by atoms with E-state index in [1.807, 2.05) is 0 Å². The highest BCUT2D eigenvalue weighted by atomic mass is 35.5. The van der Waals surface area contributed by atoms with Gasteiger partial charge in [0.25, 0.3) is 5.91 Å². The molecule has 0 aliphatic carbocycles. The first-order chi connectivity index (χ1) is 7.66. The average Bonchev–Trinajstić information content (AvgIpc) is 2.28. The van der Waals surface area contributed by atoms with Crippen molar-refractivity contribution >= 4 is 23.3 Å². The maximum atomic E-state index is 12.0. The summed E-state index contributed by atoms with van der Waals surface area (Å²) in [5.74, 6) is 0.0113. The molecule has 0 bridgehead atoms. The molecule has 1 aliphatic rings. The zero-order chi connectivity index (χ0) is 11.5. The van der Waals surface area contributed by atoms with Gasteiger partial charge < -0.3 is 4.90 Å². The number of rotatable bonds is 1. The van der Waals surface area contributed by atoms with Crippen molar-refractivity contribution in [3.63, 3.8) is 0 Å². The summed E-state index contributed by atoms with van der Waals surface area (Å²) in [5.41, 5.74) is 0.544. The van der Waals surface area contributed by atoms with Gasteiger partial charge in [-0.3, -0.25) is 9.59 Å². The normalized spacial score (nSPS) is 16.3. The molecule has 1 aliphatic heterocycles. The quantitative estimate of drug-likeness (QED) is 0.751. The smallest absolute Gasteiger partial charge is 0.254 e. The molecule has 0 atom stereocenters. The lowest BCUT2D eigenvalue weighted by molar-refractivity contribution is -0.121. The van der Waals surface area contributed by atoms with Crippen LogP contribution in [0.15, 0.2) is 24.3 Å². The summed E-state index contributed by atoms with van der Waals surface area (Å²) in [6.45, 7) is 0.877. The Labute approximate surface area is 99.0 Å². The Balaban J connectivity index is 2.15. The van der Waals surface area contributed by atoms with Crippen LogP contribution in [0.25, 0.3) is 0 Å². The van der Waals surface area contributed by atoms with Crippen LogP contribution in [-0.2, 0) is 4.79 Å². The average molecular weight is 238 g/mol. The van der Waals surface area contributed by atoms with E-state index in [4.69, 9.17) is 11.6 Å². The highest BCUT2D eigenvalue weighted by molar-refractivity contribution is 6.30. The second-order valence-electron chi connectivity index (χ2n) is 3.88. The molecule has 0 spiro atoms. The minimum Gasteiger partial charge on any atom is -0.331 e. The molecular weight excluding hydrogens is 226 g/mol. The lowest BCUT2D eigenvalue weighted by atomic mass is 10.1. The minimum absolute atomic E-state index is 0.115. The van der Waals surface area contributed by atoms with E-state index < -0.39 is 0 Å². The predicted molar refractivity (Wildman–Crippen MR) is 61.6 cm³/mol. The molecule has 1 amide bonds. The Kier molecular flexibility index (Phi) is 3.25. The van der Waals surface area contributed by atoms with E-state index in [9.17, 15) is 9.59 Å². The van der Waals surface area contributed by atoms with Gasteiger partial charge in [-0.1, -0.05) is 17.7 Å². The van der Waals surface area contributed by atoms with Gasteiger partial charge in [-0.2, -0.15) is 0 Å². The van der Waals surface area contributed by atoms with Gasteiger partial charge in [-0.15, -0.1) is 0 Å². The molecule has 1 aromatic rings. The fourth-order valence-corrected chi connectivity index (χ4v) is 2.01. The molecule has 1 aromatic carbocycles. The Morgan fingerprint density at radius 3 is 2.88 bits per heavy atom. The number of carbonyl (C=O) groups excluding carboxylic acids is 2. The maximum Gasteiger partial charge on any atom is 0.254 e. The summed E-state index contributed by atoms with van der Waals surface area (Å²) in [7, 11) is 0. The van der Waals surface area contributed by atoms with Crippen LogP contribution in [0.2, 0.25) is 5.02 Å². The van der Waals surface area contributed by atoms with Gasteiger partial charge in [0.15, 0.2) is 5.78 Å². The second kappa shape index (κ2) is 4.66. The largest absolute Gasteiger partial charge is 0.331 e. The van der Waals surface area contributed by atoms with E-state index in [0.717, 1.165) is 6.42 Å². The summed E-state index contributed by atoms with van der Waals surface area (Å²) >= 11 is 5.82. The Hall–Kier alpha value is -1.35. The van der Waals surface area contributed by atoms with Gasteiger partial charge in [0.2, 0.25) is 0 Å². The Morgan fingerprint density at radius 1 is 1.38 bits per heavy atom. The van der Waals surface area contributed by atoms with Gasteiger partial charge in [-0.25, -0.2) is 0 Å². The summed E-state index contributed by atoms with van der Waals surface area (Å²) < 4.78 is 0. The number of ketones is 1. The van der Waals surface area contributed by atoms with Crippen molar-refractivity contribution in [2.75, 3.05) is 13.1 Å². The van der Waals surface area contributed by atoms with Gasteiger partial charge in [0.1, 0.15) is 0 Å². The molecule has 2 rings (SSSR count). The standard InChI is InChI=1S/C12H12ClNO2/c13-10-4-1-3-9(7-10)12(16)14-6-2-5-11(15)8-14/h1,3-4,7H,2,5-6,8H2. The van der Waals surface area contributed by atoms with Crippen molar-refractivity contribution < 1.29 is 9.59 Å². The third-order valence-corrected chi connectivity index (χ3v) is 2.84. The number of likely N-dealkylation sites (tertiary alicyclic amines) is 1. The van der Waals surface area contributed by atoms with E-state index in [1.54, 1.807) is 29.2 Å². The van der Waals surface area contributed by atoms with E-state index in [1.165, 1.54) is 0 Å². The van der Waals surface area contributed by atoms with E-state index in [-0.39, 0.29) is 18.2 Å². The molecule has 0 saturated carbocycles. The van der Waals surface area contributed by atoms with Crippen molar-refractivity contribution in [1.82, 2.24) is 4.90 Å². The maximum absolute atomic E-state index is 12.0. The van der Waals surface area contributed by atoms with Gasteiger partial charge in [0.05, 0.1) is 6.54 Å². The number of hydrogen-bond donors (Lipinski definition) is 0. The zero-order valence-electron chi connectivity index (χ0n) is 8.78. The summed E-state index contributed by atoms with van der Waals surface area (Å²) in [4.78, 5) is 24.8. The lowest BCUT2D eigenvalue weighted by Gasteiger charge is -2.25. The molecule has 84 valence electrons. The third-order valence-electron chi connectivity index (χ3n) is 2.61. The number of amides is 1. The highest BCUT2D eigenvalue weighted by Gasteiger charge is 2.22. The second-order valence-corrected chi connectivity index (χ2v) is 4.32. The van der Waals surface area contributed by atoms with Crippen LogP contribution in [0.4, 0.5) is 0 Å². The molecule has 0 N–H and O–H groups in total. The molecule has 16 heavy (non-hydrogen) atoms. The van der Waals surface area contributed by atoms with Crippen LogP contribution in [0.1, 0.15) is 23.2 Å². The third kappa shape index (κ3) is 2.42. The Morgan fingerprint density at radius 2 is 2.19 bits per heavy atom. The fourth-order valence-electron chi connectivity index (χ4n) is 1.82. The molecule has 1 fully saturated rings. The van der Waals surface area contributed by atoms with Crippen LogP contribution in [-0.4, -0.2) is 29.7 Å². The number of carbonyl (C=O) groups is 2. The van der Waals surface area contributed by atoms with Crippen LogP contribution in [0.5, 0.6) is 0 Å². The summed E-state index contributed by atoms with van der Waals surface area (Å²) in [6.07, 6.45) is 1.34. The van der Waals surface area contributed by atoms with Crippen molar-refractivity contribution in [3.05, 3.63) is 34.9 Å². The lowest BCUT2D eigenvalue weighted by Crippen LogP contribution is -2.40. The number of Topliss-reactive ketones (excluding diaryl/α,β-unsaturated/α-hetero) is 1. The van der Waals surface area contributed by atoms with Gasteiger partial charge >= 0.3 is 0 Å². The minimum atomic E-state index is -0.115. The van der Waals surface area contributed by atoms with Crippen molar-refractivity contribution in [3.8, 4) is 0 Å². The van der Waals surface area contributed by atoms with Gasteiger partial charge in [0, 0.05) is 23.6 Å². The SMILES string of the molecule is O=C1CCCN(C(=O)c2cccc(Cl)c2)C1. The summed E-state index contributed by atoms with van der Waals surface area (Å²) in [5, 5.41) is 0.536. The molecule has 0 radical (unpaired) electrons. The molecule has 4 heteroatoms. The summed E-state index contributed by atoms with van der Waals surface area (Å²) in [6, 6.07) is 6.80. The van der Waals surface area contributed by atoms with Crippen LogP contribution < -0.4 is 0 Å². The zero-order valence-corrected chi connectivity index (χ0v) is 9.54. The molecule has 3 nitrogen and oxygen atoms in total. The Bertz CT molecular complexity index is 431. The first-order valence-corrected chi connectivity index (χ1v) is 5.61. The topological polar surface area (TPSA) is 37.4 Å². The molecule has 0 unspecified atom stereocenters. The molecule has 1 saturated heterocycles. The van der Waals surface area contributed by atoms with E-state index >= 15 is 0 Å². The highest BCUT2D eigenvalue weighted by Crippen LogP contribution is 2.15. The number of halogens is 1. The van der Waals surface area contributed by atoms with Crippen molar-refractivity contribution in [2.45, 2.75) is 12.8 Å². The number of benzene rings is 1. The van der Waals surface area contributed by atoms with E-state index in [0.29, 0.717) is 23.6 Å². The monoisotopic (exact) mass is 237 g/mol. The van der Waals surface area contributed by atoms with Crippen molar-refractivity contribution in [2.24, 2.45) is 0 Å². The predicted octanol–water partition coefficient (Wildman–Crippen LogP) is 2.15. The molecule has 1 heterocycles. The van der Waals surface area contributed by atoms with Crippen LogP contribution in [0, 0.1) is 0 Å². The fraction of sp³-hybridized carbons (Fsp3) is 0.333. The first-order valence-electron chi connectivity index (χ1n) is 5.23. The van der Waals surface area contributed by atoms with Gasteiger partial charge in [-0.05, 0) is 24.6 Å². The number of piperidine rings is 1. The van der Waals surface area contributed by atoms with Crippen LogP contribution >= 0.6 is 11.6 Å². The van der Waals surface area contributed by atoms with E-state index in [2.05, 4.69) is 0 Å². The number of nitrogens with zero attached hydrogens (tertiary/aromatic N) is 1. The molecular formula is C12H12ClNO2. The van der Waals surface area contributed by atoms with Crippen molar-refractivity contribution in [1.29, 1.82) is 0 Å². The molecule has 0 aromatic heterocycles. The number of hydrogen-bond acceptors (Lipinski definition) is 2. The van der Waals surface area contributed by atoms with Crippen LogP contribution in [0.3, 0.4) is 0 Å².